The van der Waals surface area contributed by atoms with Crippen LogP contribution in [0.3, 0.4) is 0 Å². The first-order valence-corrected chi connectivity index (χ1v) is 8.45. The summed E-state index contributed by atoms with van der Waals surface area (Å²) < 4.78 is 6.27. The quantitative estimate of drug-likeness (QED) is 0.672. The SMILES string of the molecule is CC(C)Oc1c(C#N)cnc2ccc(C=C3SC(=S)NC3=O)cc12. The van der Waals surface area contributed by atoms with Crippen molar-refractivity contribution in [2.24, 2.45) is 0 Å². The lowest BCUT2D eigenvalue weighted by molar-refractivity contribution is -0.115. The van der Waals surface area contributed by atoms with Gasteiger partial charge in [-0.25, -0.2) is 0 Å². The molecule has 0 atom stereocenters. The average molecular weight is 355 g/mol. The third-order valence-corrected chi connectivity index (χ3v) is 4.42. The van der Waals surface area contributed by atoms with Gasteiger partial charge in [-0.15, -0.1) is 0 Å². The summed E-state index contributed by atoms with van der Waals surface area (Å²) in [4.78, 5) is 16.6. The number of amides is 1. The number of nitrogens with one attached hydrogen (secondary N) is 1. The van der Waals surface area contributed by atoms with E-state index in [2.05, 4.69) is 16.4 Å². The van der Waals surface area contributed by atoms with Crippen molar-refractivity contribution in [2.45, 2.75) is 20.0 Å². The van der Waals surface area contributed by atoms with E-state index < -0.39 is 0 Å². The van der Waals surface area contributed by atoms with Gasteiger partial charge in [0.2, 0.25) is 0 Å². The summed E-state index contributed by atoms with van der Waals surface area (Å²) >= 11 is 6.22. The van der Waals surface area contributed by atoms with Gasteiger partial charge >= 0.3 is 0 Å². The van der Waals surface area contributed by atoms with Crippen LogP contribution in [0.2, 0.25) is 0 Å². The highest BCUT2D eigenvalue weighted by molar-refractivity contribution is 8.26. The molecular weight excluding hydrogens is 342 g/mol. The molecule has 24 heavy (non-hydrogen) atoms. The molecule has 2 heterocycles. The molecule has 120 valence electrons. The highest BCUT2D eigenvalue weighted by Crippen LogP contribution is 2.32. The van der Waals surface area contributed by atoms with E-state index in [1.807, 2.05) is 32.0 Å². The zero-order chi connectivity index (χ0) is 17.3. The minimum Gasteiger partial charge on any atom is -0.489 e. The Bertz CT molecular complexity index is 929. The topological polar surface area (TPSA) is 75.0 Å². The number of pyridine rings is 1. The minimum absolute atomic E-state index is 0.0711. The number of nitrogens with zero attached hydrogens (tertiary/aromatic N) is 2. The molecular formula is C17H13N3O2S2. The molecule has 0 spiro atoms. The molecule has 2 aromatic rings. The van der Waals surface area contributed by atoms with E-state index in [9.17, 15) is 10.1 Å². The largest absolute Gasteiger partial charge is 0.489 e. The molecule has 0 bridgehead atoms. The van der Waals surface area contributed by atoms with Gasteiger partial charge in [0, 0.05) is 11.6 Å². The average Bonchev–Trinajstić information content (AvgIpc) is 2.85. The fraction of sp³-hybridized carbons (Fsp3) is 0.176. The highest BCUT2D eigenvalue weighted by atomic mass is 32.2. The van der Waals surface area contributed by atoms with Crippen molar-refractivity contribution in [3.8, 4) is 11.8 Å². The Labute approximate surface area is 148 Å². The first kappa shape index (κ1) is 16.4. The van der Waals surface area contributed by atoms with Crippen molar-refractivity contribution < 1.29 is 9.53 Å². The van der Waals surface area contributed by atoms with Gasteiger partial charge in [-0.05, 0) is 37.6 Å². The zero-order valence-corrected chi connectivity index (χ0v) is 14.6. The second-order valence-electron chi connectivity index (χ2n) is 5.41. The predicted molar refractivity (Wildman–Crippen MR) is 98.5 cm³/mol. The molecule has 1 aromatic heterocycles. The standard InChI is InChI=1S/C17H13N3O2S2/c1-9(2)22-15-11(7-18)8-19-13-4-3-10(5-12(13)15)6-14-16(21)20-17(23)24-14/h3-6,8-9H,1-2H3,(H,20,21,23). The lowest BCUT2D eigenvalue weighted by Gasteiger charge is -2.14. The van der Waals surface area contributed by atoms with Crippen LogP contribution in [0, 0.1) is 11.3 Å². The number of thioether (sulfide) groups is 1. The van der Waals surface area contributed by atoms with Crippen molar-refractivity contribution in [1.82, 2.24) is 10.3 Å². The number of aromatic nitrogens is 1. The normalized spacial score (nSPS) is 15.8. The van der Waals surface area contributed by atoms with Crippen LogP contribution in [0.5, 0.6) is 5.75 Å². The van der Waals surface area contributed by atoms with Crippen LogP contribution >= 0.6 is 24.0 Å². The van der Waals surface area contributed by atoms with Crippen molar-refractivity contribution in [3.63, 3.8) is 0 Å². The summed E-state index contributed by atoms with van der Waals surface area (Å²) in [5.74, 6) is 0.310. The van der Waals surface area contributed by atoms with Crippen molar-refractivity contribution in [1.29, 1.82) is 5.26 Å². The number of hydrogen-bond donors (Lipinski definition) is 1. The molecule has 1 aliphatic rings. The Hall–Kier alpha value is -2.43. The predicted octanol–water partition coefficient (Wildman–Crippen LogP) is 3.38. The van der Waals surface area contributed by atoms with E-state index in [0.29, 0.717) is 20.5 Å². The van der Waals surface area contributed by atoms with Gasteiger partial charge in [-0.2, -0.15) is 5.26 Å². The third-order valence-electron chi connectivity index (χ3n) is 3.26. The van der Waals surface area contributed by atoms with Crippen molar-refractivity contribution in [2.75, 3.05) is 0 Å². The molecule has 1 N–H and O–H groups in total. The summed E-state index contributed by atoms with van der Waals surface area (Å²) in [6, 6.07) is 7.68. The van der Waals surface area contributed by atoms with Gasteiger partial charge < -0.3 is 10.1 Å². The van der Waals surface area contributed by atoms with Gasteiger partial charge in [0.25, 0.3) is 5.91 Å². The van der Waals surface area contributed by atoms with E-state index >= 15 is 0 Å². The fourth-order valence-electron chi connectivity index (χ4n) is 2.29. The highest BCUT2D eigenvalue weighted by Gasteiger charge is 2.22. The lowest BCUT2D eigenvalue weighted by Crippen LogP contribution is -2.17. The molecule has 1 aliphatic heterocycles. The smallest absolute Gasteiger partial charge is 0.263 e. The summed E-state index contributed by atoms with van der Waals surface area (Å²) in [5.41, 5.74) is 1.93. The summed E-state index contributed by atoms with van der Waals surface area (Å²) in [6.45, 7) is 3.80. The Balaban J connectivity index is 2.13. The second kappa shape index (κ2) is 6.59. The first-order chi connectivity index (χ1) is 11.5. The number of benzene rings is 1. The first-order valence-electron chi connectivity index (χ1n) is 7.22. The molecule has 5 nitrogen and oxygen atoms in total. The van der Waals surface area contributed by atoms with E-state index in [1.165, 1.54) is 18.0 Å². The van der Waals surface area contributed by atoms with Crippen LogP contribution < -0.4 is 10.1 Å². The Morgan fingerprint density at radius 1 is 1.46 bits per heavy atom. The summed E-state index contributed by atoms with van der Waals surface area (Å²) in [5, 5.41) is 12.6. The lowest BCUT2D eigenvalue weighted by atomic mass is 10.1. The van der Waals surface area contributed by atoms with Gasteiger partial charge in [-0.1, -0.05) is 30.0 Å². The Kier molecular flexibility index (Phi) is 4.51. The molecule has 1 fully saturated rings. The Morgan fingerprint density at radius 2 is 2.25 bits per heavy atom. The van der Waals surface area contributed by atoms with Crippen LogP contribution in [0.4, 0.5) is 0 Å². The van der Waals surface area contributed by atoms with Gasteiger partial charge in [0.15, 0.2) is 0 Å². The number of fused-ring (bicyclic) bond motifs is 1. The molecule has 1 amide bonds. The number of rotatable bonds is 3. The maximum atomic E-state index is 11.8. The molecule has 1 aromatic carbocycles. The number of carbonyl (C=O) groups is 1. The fourth-order valence-corrected chi connectivity index (χ4v) is 3.33. The maximum absolute atomic E-state index is 11.8. The van der Waals surface area contributed by atoms with Crippen LogP contribution in [-0.2, 0) is 4.79 Å². The summed E-state index contributed by atoms with van der Waals surface area (Å²) in [6.07, 6.45) is 3.20. The second-order valence-corrected chi connectivity index (χ2v) is 7.13. The molecule has 1 saturated heterocycles. The molecule has 0 saturated carbocycles. The zero-order valence-electron chi connectivity index (χ0n) is 13.0. The number of nitriles is 1. The van der Waals surface area contributed by atoms with Gasteiger partial charge in [0.1, 0.15) is 21.7 Å². The van der Waals surface area contributed by atoms with Gasteiger partial charge in [-0.3, -0.25) is 9.78 Å². The van der Waals surface area contributed by atoms with Crippen molar-refractivity contribution >= 4 is 51.2 Å². The molecule has 0 radical (unpaired) electrons. The number of ether oxygens (including phenoxy) is 1. The van der Waals surface area contributed by atoms with Gasteiger partial charge in [0.05, 0.1) is 16.5 Å². The third kappa shape index (κ3) is 3.25. The van der Waals surface area contributed by atoms with E-state index in [1.54, 1.807) is 6.08 Å². The summed E-state index contributed by atoms with van der Waals surface area (Å²) in [7, 11) is 0. The number of hydrogen-bond acceptors (Lipinski definition) is 6. The molecule has 3 rings (SSSR count). The van der Waals surface area contributed by atoms with Crippen LogP contribution in [0.1, 0.15) is 25.0 Å². The maximum Gasteiger partial charge on any atom is 0.263 e. The van der Waals surface area contributed by atoms with E-state index in [0.717, 1.165) is 16.5 Å². The number of thiocarbonyl (C=S) groups is 1. The van der Waals surface area contributed by atoms with Crippen LogP contribution in [0.25, 0.3) is 17.0 Å². The van der Waals surface area contributed by atoms with E-state index in [-0.39, 0.29) is 12.0 Å². The molecule has 0 unspecified atom stereocenters. The minimum atomic E-state index is -0.201. The number of carbonyl (C=O) groups excluding carboxylic acids is 1. The van der Waals surface area contributed by atoms with E-state index in [4.69, 9.17) is 17.0 Å². The van der Waals surface area contributed by atoms with Crippen LogP contribution in [0.15, 0.2) is 29.3 Å². The molecule has 7 heteroatoms. The monoisotopic (exact) mass is 355 g/mol. The molecule has 0 aliphatic carbocycles. The Morgan fingerprint density at radius 3 is 2.88 bits per heavy atom. The van der Waals surface area contributed by atoms with Crippen LogP contribution in [-0.4, -0.2) is 21.3 Å². The van der Waals surface area contributed by atoms with Crippen molar-refractivity contribution in [3.05, 3.63) is 40.4 Å².